The van der Waals surface area contributed by atoms with Crippen LogP contribution in [0.15, 0.2) is 41.5 Å². The number of aliphatic carboxylic acids is 1. The molecule has 0 saturated heterocycles. The van der Waals surface area contributed by atoms with Gasteiger partial charge in [0.15, 0.2) is 0 Å². The van der Waals surface area contributed by atoms with Crippen LogP contribution < -0.4 is 5.56 Å². The van der Waals surface area contributed by atoms with Gasteiger partial charge in [-0.25, -0.2) is 9.78 Å². The summed E-state index contributed by atoms with van der Waals surface area (Å²) < 4.78 is 1.14. The molecule has 0 unspecified atom stereocenters. The van der Waals surface area contributed by atoms with Gasteiger partial charge < -0.3 is 5.11 Å². The van der Waals surface area contributed by atoms with Crippen LogP contribution in [-0.2, 0) is 4.79 Å². The summed E-state index contributed by atoms with van der Waals surface area (Å²) in [5, 5.41) is 8.91. The summed E-state index contributed by atoms with van der Waals surface area (Å²) in [6, 6.07) is 6.89. The quantitative estimate of drug-likeness (QED) is 0.758. The lowest BCUT2D eigenvalue weighted by atomic mass is 10.2. The molecule has 1 aromatic heterocycles. The number of aromatic nitrogens is 2. The number of rotatable bonds is 2. The normalized spacial score (nSPS) is 11.0. The van der Waals surface area contributed by atoms with Gasteiger partial charge in [0.25, 0.3) is 5.56 Å². The van der Waals surface area contributed by atoms with E-state index in [2.05, 4.69) is 4.98 Å². The van der Waals surface area contributed by atoms with E-state index in [0.29, 0.717) is 10.9 Å². The standard InChI is InChI=1S/C11H8N2O3/c14-10(15)5-6-13-7-12-9-4-2-1-3-8(9)11(13)16/h1-7H,(H,14,15)/b6-5+. The van der Waals surface area contributed by atoms with Crippen molar-refractivity contribution in [2.24, 2.45) is 0 Å². The second kappa shape index (κ2) is 3.98. The second-order valence-electron chi connectivity index (χ2n) is 3.13. The molecule has 0 bridgehead atoms. The molecule has 1 N–H and O–H groups in total. The van der Waals surface area contributed by atoms with Gasteiger partial charge in [0.05, 0.1) is 10.9 Å². The van der Waals surface area contributed by atoms with Crippen molar-refractivity contribution in [3.63, 3.8) is 0 Å². The van der Waals surface area contributed by atoms with E-state index >= 15 is 0 Å². The zero-order valence-corrected chi connectivity index (χ0v) is 8.20. The Hall–Kier alpha value is -2.43. The molecule has 0 spiro atoms. The lowest BCUT2D eigenvalue weighted by molar-refractivity contribution is -0.131. The Bertz CT molecular complexity index is 628. The molecule has 16 heavy (non-hydrogen) atoms. The highest BCUT2D eigenvalue weighted by Gasteiger charge is 2.00. The van der Waals surface area contributed by atoms with E-state index in [0.717, 1.165) is 10.6 Å². The van der Waals surface area contributed by atoms with Crippen molar-refractivity contribution in [1.82, 2.24) is 9.55 Å². The summed E-state index contributed by atoms with van der Waals surface area (Å²) in [4.78, 5) is 26.2. The summed E-state index contributed by atoms with van der Waals surface area (Å²) in [7, 11) is 0. The molecule has 0 aliphatic heterocycles. The van der Waals surface area contributed by atoms with Gasteiger partial charge in [-0.1, -0.05) is 12.1 Å². The molecule has 0 fully saturated rings. The Labute approximate surface area is 90.3 Å². The molecule has 0 radical (unpaired) electrons. The zero-order valence-electron chi connectivity index (χ0n) is 8.20. The fraction of sp³-hybridized carbons (Fsp3) is 0. The van der Waals surface area contributed by atoms with Crippen molar-refractivity contribution in [3.8, 4) is 0 Å². The molecule has 5 nitrogen and oxygen atoms in total. The first-order chi connectivity index (χ1) is 7.68. The molecule has 0 amide bonds. The van der Waals surface area contributed by atoms with Crippen molar-refractivity contribution < 1.29 is 9.90 Å². The van der Waals surface area contributed by atoms with Gasteiger partial charge in [0.1, 0.15) is 6.33 Å². The van der Waals surface area contributed by atoms with E-state index in [1.807, 2.05) is 0 Å². The van der Waals surface area contributed by atoms with Crippen molar-refractivity contribution in [2.75, 3.05) is 0 Å². The first-order valence-corrected chi connectivity index (χ1v) is 4.55. The van der Waals surface area contributed by atoms with Gasteiger partial charge in [-0.05, 0) is 12.1 Å². The molecule has 1 aromatic carbocycles. The molecule has 1 heterocycles. The number of carboxylic acids is 1. The van der Waals surface area contributed by atoms with Crippen LogP contribution in [0, 0.1) is 0 Å². The molecular weight excluding hydrogens is 208 g/mol. The van der Waals surface area contributed by atoms with E-state index < -0.39 is 5.97 Å². The molecule has 0 atom stereocenters. The van der Waals surface area contributed by atoms with Crippen LogP contribution in [0.3, 0.4) is 0 Å². The fourth-order valence-corrected chi connectivity index (χ4v) is 1.33. The van der Waals surface area contributed by atoms with E-state index in [4.69, 9.17) is 5.11 Å². The highest BCUT2D eigenvalue weighted by Crippen LogP contribution is 2.04. The average Bonchev–Trinajstić information content (AvgIpc) is 2.28. The number of fused-ring (bicyclic) bond motifs is 1. The first kappa shape index (κ1) is 10.1. The number of carbonyl (C=O) groups is 1. The molecule has 0 aliphatic carbocycles. The third-order valence-electron chi connectivity index (χ3n) is 2.07. The molecule has 80 valence electrons. The maximum atomic E-state index is 11.8. The predicted molar refractivity (Wildman–Crippen MR) is 59.0 cm³/mol. The van der Waals surface area contributed by atoms with Crippen LogP contribution >= 0.6 is 0 Å². The average molecular weight is 216 g/mol. The maximum absolute atomic E-state index is 11.8. The van der Waals surface area contributed by atoms with Gasteiger partial charge in [-0.15, -0.1) is 0 Å². The summed E-state index contributed by atoms with van der Waals surface area (Å²) in [6.07, 6.45) is 3.35. The number of nitrogens with zero attached hydrogens (tertiary/aromatic N) is 2. The minimum Gasteiger partial charge on any atom is -0.478 e. The number of benzene rings is 1. The van der Waals surface area contributed by atoms with Crippen molar-refractivity contribution >= 4 is 23.1 Å². The largest absolute Gasteiger partial charge is 0.478 e. The number of hydrogen-bond acceptors (Lipinski definition) is 3. The van der Waals surface area contributed by atoms with Crippen molar-refractivity contribution in [3.05, 3.63) is 47.0 Å². The Morgan fingerprint density at radius 2 is 2.12 bits per heavy atom. The predicted octanol–water partition coefficient (Wildman–Crippen LogP) is 0.952. The molecule has 0 saturated carbocycles. The smallest absolute Gasteiger partial charge is 0.329 e. The summed E-state index contributed by atoms with van der Waals surface area (Å²) in [5.74, 6) is -1.11. The van der Waals surface area contributed by atoms with E-state index in [-0.39, 0.29) is 5.56 Å². The van der Waals surface area contributed by atoms with Crippen LogP contribution in [0.1, 0.15) is 0 Å². The van der Waals surface area contributed by atoms with Gasteiger partial charge in [0.2, 0.25) is 0 Å². The molecule has 2 aromatic rings. The van der Waals surface area contributed by atoms with Crippen LogP contribution in [-0.4, -0.2) is 20.6 Å². The SMILES string of the molecule is O=C(O)/C=C/n1cnc2ccccc2c1=O. The minimum absolute atomic E-state index is 0.289. The Kier molecular flexibility index (Phi) is 2.51. The number of para-hydroxylation sites is 1. The molecule has 2 rings (SSSR count). The van der Waals surface area contributed by atoms with Gasteiger partial charge in [-0.3, -0.25) is 9.36 Å². The fourth-order valence-electron chi connectivity index (χ4n) is 1.33. The minimum atomic E-state index is -1.11. The molecule has 5 heteroatoms. The topological polar surface area (TPSA) is 72.2 Å². The third-order valence-corrected chi connectivity index (χ3v) is 2.07. The maximum Gasteiger partial charge on any atom is 0.329 e. The number of carboxylic acid groups (broad SMARTS) is 1. The van der Waals surface area contributed by atoms with Crippen LogP contribution in [0.2, 0.25) is 0 Å². The van der Waals surface area contributed by atoms with Gasteiger partial charge in [-0.2, -0.15) is 0 Å². The van der Waals surface area contributed by atoms with Crippen LogP contribution in [0.4, 0.5) is 0 Å². The highest BCUT2D eigenvalue weighted by atomic mass is 16.4. The summed E-state index contributed by atoms with van der Waals surface area (Å²) in [5.41, 5.74) is 0.301. The monoisotopic (exact) mass is 216 g/mol. The lowest BCUT2D eigenvalue weighted by Gasteiger charge is -1.99. The Balaban J connectivity index is 2.61. The van der Waals surface area contributed by atoms with Crippen LogP contribution in [0.25, 0.3) is 17.1 Å². The Morgan fingerprint density at radius 1 is 1.38 bits per heavy atom. The molecule has 0 aliphatic rings. The van der Waals surface area contributed by atoms with E-state index in [9.17, 15) is 9.59 Å². The molecular formula is C11H8N2O3. The van der Waals surface area contributed by atoms with E-state index in [1.165, 1.54) is 12.5 Å². The van der Waals surface area contributed by atoms with Crippen molar-refractivity contribution in [1.29, 1.82) is 0 Å². The Morgan fingerprint density at radius 3 is 2.88 bits per heavy atom. The summed E-state index contributed by atoms with van der Waals surface area (Å²) in [6.45, 7) is 0. The van der Waals surface area contributed by atoms with E-state index in [1.54, 1.807) is 24.3 Å². The third kappa shape index (κ3) is 1.83. The second-order valence-corrected chi connectivity index (χ2v) is 3.13. The zero-order chi connectivity index (χ0) is 11.5. The first-order valence-electron chi connectivity index (χ1n) is 4.55. The lowest BCUT2D eigenvalue weighted by Crippen LogP contribution is -2.16. The van der Waals surface area contributed by atoms with Gasteiger partial charge in [0, 0.05) is 12.3 Å². The van der Waals surface area contributed by atoms with Crippen molar-refractivity contribution in [2.45, 2.75) is 0 Å². The number of hydrogen-bond donors (Lipinski definition) is 1. The highest BCUT2D eigenvalue weighted by molar-refractivity contribution is 5.83. The van der Waals surface area contributed by atoms with Gasteiger partial charge >= 0.3 is 5.97 Å². The van der Waals surface area contributed by atoms with Crippen LogP contribution in [0.5, 0.6) is 0 Å². The summed E-state index contributed by atoms with van der Waals surface area (Å²) >= 11 is 0.